The molecule has 0 rings (SSSR count). The highest BCUT2D eigenvalue weighted by Gasteiger charge is 2.20. The van der Waals surface area contributed by atoms with Gasteiger partial charge in [-0.15, -0.1) is 0 Å². The van der Waals surface area contributed by atoms with Crippen molar-refractivity contribution in [2.24, 2.45) is 11.8 Å². The summed E-state index contributed by atoms with van der Waals surface area (Å²) in [5, 5.41) is 3.72. The standard InChI is InChI=1S/C19H42N2/c1-9-10-18(15-20-19(6,7)8)21(13-11-16(2)3)14-12-17(4)5/h16-18,20H,9-15H2,1-8H3. The number of rotatable bonds is 11. The summed E-state index contributed by atoms with van der Waals surface area (Å²) in [6.07, 6.45) is 5.21. The Balaban J connectivity index is 4.64. The molecule has 1 atom stereocenters. The maximum atomic E-state index is 3.72. The smallest absolute Gasteiger partial charge is 0.0220 e. The fourth-order valence-corrected chi connectivity index (χ4v) is 2.50. The van der Waals surface area contributed by atoms with Crippen molar-refractivity contribution in [3.05, 3.63) is 0 Å². The molecular weight excluding hydrogens is 256 g/mol. The molecule has 0 bridgehead atoms. The largest absolute Gasteiger partial charge is 0.311 e. The summed E-state index contributed by atoms with van der Waals surface area (Å²) in [6.45, 7) is 22.1. The fraction of sp³-hybridized carbons (Fsp3) is 1.00. The van der Waals surface area contributed by atoms with Crippen LogP contribution >= 0.6 is 0 Å². The van der Waals surface area contributed by atoms with Crippen molar-refractivity contribution in [3.63, 3.8) is 0 Å². The lowest BCUT2D eigenvalue weighted by atomic mass is 10.0. The number of nitrogens with one attached hydrogen (secondary N) is 1. The van der Waals surface area contributed by atoms with Crippen LogP contribution in [0.15, 0.2) is 0 Å². The molecule has 21 heavy (non-hydrogen) atoms. The Morgan fingerprint density at radius 2 is 1.33 bits per heavy atom. The topological polar surface area (TPSA) is 15.3 Å². The van der Waals surface area contributed by atoms with E-state index in [0.29, 0.717) is 6.04 Å². The molecule has 2 nitrogen and oxygen atoms in total. The fourth-order valence-electron chi connectivity index (χ4n) is 2.50. The molecule has 0 saturated carbocycles. The molecule has 128 valence electrons. The molecule has 0 spiro atoms. The molecule has 1 unspecified atom stereocenters. The van der Waals surface area contributed by atoms with Gasteiger partial charge in [0, 0.05) is 18.1 Å². The van der Waals surface area contributed by atoms with Gasteiger partial charge in [-0.2, -0.15) is 0 Å². The third-order valence-corrected chi connectivity index (χ3v) is 3.99. The van der Waals surface area contributed by atoms with Crippen molar-refractivity contribution in [1.29, 1.82) is 0 Å². The molecular formula is C19H42N2. The van der Waals surface area contributed by atoms with E-state index < -0.39 is 0 Å². The number of nitrogens with zero attached hydrogens (tertiary/aromatic N) is 1. The first-order chi connectivity index (χ1) is 9.65. The van der Waals surface area contributed by atoms with E-state index in [0.717, 1.165) is 18.4 Å². The molecule has 0 aromatic heterocycles. The average Bonchev–Trinajstić information content (AvgIpc) is 2.33. The quantitative estimate of drug-likeness (QED) is 0.581. The summed E-state index contributed by atoms with van der Waals surface area (Å²) in [5.74, 6) is 1.59. The van der Waals surface area contributed by atoms with Crippen molar-refractivity contribution in [2.75, 3.05) is 19.6 Å². The van der Waals surface area contributed by atoms with Crippen LogP contribution < -0.4 is 5.32 Å². The SMILES string of the molecule is CCCC(CNC(C)(C)C)N(CCC(C)C)CCC(C)C. The second-order valence-corrected chi connectivity index (χ2v) is 8.47. The van der Waals surface area contributed by atoms with Crippen molar-refractivity contribution in [3.8, 4) is 0 Å². The maximum absolute atomic E-state index is 3.72. The normalized spacial score (nSPS) is 14.4. The van der Waals surface area contributed by atoms with Gasteiger partial charge in [-0.1, -0.05) is 41.0 Å². The van der Waals surface area contributed by atoms with Gasteiger partial charge >= 0.3 is 0 Å². The van der Waals surface area contributed by atoms with E-state index in [2.05, 4.69) is 65.6 Å². The van der Waals surface area contributed by atoms with Crippen molar-refractivity contribution in [2.45, 2.75) is 92.7 Å². The lowest BCUT2D eigenvalue weighted by Gasteiger charge is -2.35. The third-order valence-electron chi connectivity index (χ3n) is 3.99. The van der Waals surface area contributed by atoms with Crippen molar-refractivity contribution >= 4 is 0 Å². The Bertz CT molecular complexity index is 228. The molecule has 0 amide bonds. The molecule has 0 saturated heterocycles. The molecule has 0 aliphatic heterocycles. The van der Waals surface area contributed by atoms with Crippen molar-refractivity contribution in [1.82, 2.24) is 10.2 Å². The monoisotopic (exact) mass is 298 g/mol. The highest BCUT2D eigenvalue weighted by Crippen LogP contribution is 2.14. The molecule has 0 aliphatic rings. The zero-order valence-electron chi connectivity index (χ0n) is 16.1. The van der Waals surface area contributed by atoms with Crippen LogP contribution in [-0.4, -0.2) is 36.1 Å². The van der Waals surface area contributed by atoms with Gasteiger partial charge in [-0.3, -0.25) is 4.90 Å². The van der Waals surface area contributed by atoms with Gasteiger partial charge in [-0.25, -0.2) is 0 Å². The summed E-state index contributed by atoms with van der Waals surface area (Å²) in [6, 6.07) is 0.687. The van der Waals surface area contributed by atoms with Crippen LogP contribution in [0.5, 0.6) is 0 Å². The first-order valence-electron chi connectivity index (χ1n) is 9.14. The van der Waals surface area contributed by atoms with E-state index >= 15 is 0 Å². The molecule has 0 aliphatic carbocycles. The Morgan fingerprint density at radius 1 is 0.857 bits per heavy atom. The summed E-state index contributed by atoms with van der Waals surface area (Å²) >= 11 is 0. The summed E-state index contributed by atoms with van der Waals surface area (Å²) < 4.78 is 0. The molecule has 1 N–H and O–H groups in total. The van der Waals surface area contributed by atoms with Gasteiger partial charge in [0.1, 0.15) is 0 Å². The average molecular weight is 299 g/mol. The van der Waals surface area contributed by atoms with Crippen LogP contribution in [0.2, 0.25) is 0 Å². The lowest BCUT2D eigenvalue weighted by molar-refractivity contribution is 0.156. The summed E-state index contributed by atoms with van der Waals surface area (Å²) in [7, 11) is 0. The van der Waals surface area contributed by atoms with E-state index in [1.165, 1.54) is 38.8 Å². The lowest BCUT2D eigenvalue weighted by Crippen LogP contribution is -2.48. The molecule has 0 aromatic carbocycles. The summed E-state index contributed by atoms with van der Waals surface area (Å²) in [4.78, 5) is 2.75. The molecule has 0 fully saturated rings. The first-order valence-corrected chi connectivity index (χ1v) is 9.14. The second-order valence-electron chi connectivity index (χ2n) is 8.47. The van der Waals surface area contributed by atoms with E-state index in [1.807, 2.05) is 0 Å². The minimum atomic E-state index is 0.216. The van der Waals surface area contributed by atoms with Crippen LogP contribution in [-0.2, 0) is 0 Å². The van der Waals surface area contributed by atoms with Gasteiger partial charge in [0.2, 0.25) is 0 Å². The van der Waals surface area contributed by atoms with Crippen LogP contribution in [0.25, 0.3) is 0 Å². The highest BCUT2D eigenvalue weighted by atomic mass is 15.2. The Hall–Kier alpha value is -0.0800. The Kier molecular flexibility index (Phi) is 10.6. The van der Waals surface area contributed by atoms with Crippen LogP contribution in [0, 0.1) is 11.8 Å². The van der Waals surface area contributed by atoms with Gasteiger partial charge in [0.25, 0.3) is 0 Å². The predicted molar refractivity (Wildman–Crippen MR) is 96.9 cm³/mol. The van der Waals surface area contributed by atoms with E-state index in [1.54, 1.807) is 0 Å². The van der Waals surface area contributed by atoms with Gasteiger partial charge in [0.15, 0.2) is 0 Å². The van der Waals surface area contributed by atoms with E-state index in [4.69, 9.17) is 0 Å². The Morgan fingerprint density at radius 3 is 1.67 bits per heavy atom. The molecule has 2 heteroatoms. The number of hydrogen-bond donors (Lipinski definition) is 1. The van der Waals surface area contributed by atoms with Crippen LogP contribution in [0.4, 0.5) is 0 Å². The van der Waals surface area contributed by atoms with Crippen molar-refractivity contribution < 1.29 is 0 Å². The van der Waals surface area contributed by atoms with E-state index in [9.17, 15) is 0 Å². The molecule has 0 radical (unpaired) electrons. The highest BCUT2D eigenvalue weighted by molar-refractivity contribution is 4.79. The number of hydrogen-bond acceptors (Lipinski definition) is 2. The van der Waals surface area contributed by atoms with E-state index in [-0.39, 0.29) is 5.54 Å². The minimum absolute atomic E-state index is 0.216. The molecule has 0 aromatic rings. The van der Waals surface area contributed by atoms with Gasteiger partial charge in [0.05, 0.1) is 0 Å². The minimum Gasteiger partial charge on any atom is -0.311 e. The zero-order valence-corrected chi connectivity index (χ0v) is 16.1. The maximum Gasteiger partial charge on any atom is 0.0220 e. The first kappa shape index (κ1) is 20.9. The van der Waals surface area contributed by atoms with Crippen LogP contribution in [0.3, 0.4) is 0 Å². The van der Waals surface area contributed by atoms with Crippen LogP contribution in [0.1, 0.15) is 81.1 Å². The summed E-state index contributed by atoms with van der Waals surface area (Å²) in [5.41, 5.74) is 0.216. The predicted octanol–water partition coefficient (Wildman–Crippen LogP) is 4.94. The third kappa shape index (κ3) is 12.2. The zero-order chi connectivity index (χ0) is 16.5. The van der Waals surface area contributed by atoms with Gasteiger partial charge in [-0.05, 0) is 65.0 Å². The van der Waals surface area contributed by atoms with Gasteiger partial charge < -0.3 is 5.32 Å². The Labute approximate surface area is 135 Å². The molecule has 0 heterocycles. The second kappa shape index (κ2) is 10.6.